The quantitative estimate of drug-likeness (QED) is 0.821. The van der Waals surface area contributed by atoms with Crippen molar-refractivity contribution < 1.29 is 4.39 Å². The van der Waals surface area contributed by atoms with Crippen LogP contribution in [-0.2, 0) is 6.54 Å². The summed E-state index contributed by atoms with van der Waals surface area (Å²) in [6.45, 7) is 0.516. The molecule has 0 atom stereocenters. The van der Waals surface area contributed by atoms with Crippen molar-refractivity contribution in [1.29, 1.82) is 0 Å². The molecule has 2 rings (SSSR count). The molecule has 1 heterocycles. The van der Waals surface area contributed by atoms with Gasteiger partial charge in [0.05, 0.1) is 15.7 Å². The number of benzene rings is 1. The summed E-state index contributed by atoms with van der Waals surface area (Å²) in [5, 5.41) is 2.96. The summed E-state index contributed by atoms with van der Waals surface area (Å²) in [5.41, 5.74) is 6.41. The van der Waals surface area contributed by atoms with Gasteiger partial charge >= 0.3 is 0 Å². The maximum absolute atomic E-state index is 13.4. The fraction of sp³-hybridized carbons (Fsp3) is 0.0909. The summed E-state index contributed by atoms with van der Waals surface area (Å²) >= 11 is 7.26. The Kier molecular flexibility index (Phi) is 3.31. The lowest BCUT2D eigenvalue weighted by Crippen LogP contribution is -2.03. The molecule has 0 bridgehead atoms. The second kappa shape index (κ2) is 4.72. The van der Waals surface area contributed by atoms with Gasteiger partial charge in [0, 0.05) is 11.4 Å². The van der Waals surface area contributed by atoms with Crippen LogP contribution in [0.4, 0.5) is 15.8 Å². The zero-order valence-electron chi connectivity index (χ0n) is 8.34. The second-order valence-corrected chi connectivity index (χ2v) is 5.06. The number of para-hydroxylation sites is 1. The Bertz CT molecular complexity index is 478. The van der Waals surface area contributed by atoms with Crippen LogP contribution in [0.15, 0.2) is 30.3 Å². The number of thiophene rings is 1. The van der Waals surface area contributed by atoms with Crippen LogP contribution in [0.1, 0.15) is 4.88 Å². The van der Waals surface area contributed by atoms with Crippen LogP contribution in [0.5, 0.6) is 0 Å². The third kappa shape index (κ3) is 2.46. The van der Waals surface area contributed by atoms with Crippen LogP contribution in [0.2, 0.25) is 4.34 Å². The van der Waals surface area contributed by atoms with Crippen LogP contribution in [-0.4, -0.2) is 0 Å². The first kappa shape index (κ1) is 11.2. The Hall–Kier alpha value is -1.26. The highest BCUT2D eigenvalue weighted by molar-refractivity contribution is 7.16. The first-order valence-electron chi connectivity index (χ1n) is 4.69. The third-order valence-electron chi connectivity index (χ3n) is 2.11. The Morgan fingerprint density at radius 2 is 2.12 bits per heavy atom. The van der Waals surface area contributed by atoms with Crippen molar-refractivity contribution in [3.63, 3.8) is 0 Å². The number of nitrogen functional groups attached to an aromatic ring is 1. The van der Waals surface area contributed by atoms with Crippen molar-refractivity contribution in [3.05, 3.63) is 45.4 Å². The highest BCUT2D eigenvalue weighted by atomic mass is 35.5. The van der Waals surface area contributed by atoms with Gasteiger partial charge in [0.2, 0.25) is 0 Å². The minimum atomic E-state index is -0.345. The monoisotopic (exact) mass is 256 g/mol. The lowest BCUT2D eigenvalue weighted by molar-refractivity contribution is 0.631. The summed E-state index contributed by atoms with van der Waals surface area (Å²) in [7, 11) is 0. The zero-order chi connectivity index (χ0) is 11.5. The minimum absolute atomic E-state index is 0.340. The van der Waals surface area contributed by atoms with E-state index in [0.29, 0.717) is 17.9 Å². The van der Waals surface area contributed by atoms with E-state index < -0.39 is 0 Å². The number of hydrogen-bond donors (Lipinski definition) is 2. The van der Waals surface area contributed by atoms with E-state index in [2.05, 4.69) is 5.32 Å². The van der Waals surface area contributed by atoms with Crippen molar-refractivity contribution in [2.24, 2.45) is 0 Å². The van der Waals surface area contributed by atoms with Crippen LogP contribution >= 0.6 is 22.9 Å². The van der Waals surface area contributed by atoms with Gasteiger partial charge in [0.15, 0.2) is 0 Å². The van der Waals surface area contributed by atoms with E-state index >= 15 is 0 Å². The van der Waals surface area contributed by atoms with Crippen LogP contribution in [0.3, 0.4) is 0 Å². The fourth-order valence-electron chi connectivity index (χ4n) is 1.35. The standard InChI is InChI=1S/C11H10ClFN2S/c12-10-5-4-7(16-10)6-15-11-8(13)2-1-3-9(11)14/h1-5,15H,6,14H2. The number of nitrogens with one attached hydrogen (secondary N) is 1. The fourth-order valence-corrected chi connectivity index (χ4v) is 2.38. The van der Waals surface area contributed by atoms with E-state index in [9.17, 15) is 4.39 Å². The van der Waals surface area contributed by atoms with Gasteiger partial charge in [0.25, 0.3) is 0 Å². The second-order valence-electron chi connectivity index (χ2n) is 3.26. The lowest BCUT2D eigenvalue weighted by Gasteiger charge is -2.08. The molecular weight excluding hydrogens is 247 g/mol. The summed E-state index contributed by atoms with van der Waals surface area (Å²) in [4.78, 5) is 1.03. The molecule has 3 N–H and O–H groups in total. The molecule has 0 saturated carbocycles. The molecule has 0 amide bonds. The van der Waals surface area contributed by atoms with E-state index in [1.165, 1.54) is 17.4 Å². The zero-order valence-corrected chi connectivity index (χ0v) is 9.91. The molecule has 0 fully saturated rings. The molecule has 0 aliphatic heterocycles. The number of hydrogen-bond acceptors (Lipinski definition) is 3. The van der Waals surface area contributed by atoms with Gasteiger partial charge in [-0.1, -0.05) is 17.7 Å². The average molecular weight is 257 g/mol. The van der Waals surface area contributed by atoms with Crippen molar-refractivity contribution in [3.8, 4) is 0 Å². The largest absolute Gasteiger partial charge is 0.397 e. The summed E-state index contributed by atoms with van der Waals surface area (Å²) in [6, 6.07) is 8.33. The van der Waals surface area contributed by atoms with E-state index in [4.69, 9.17) is 17.3 Å². The van der Waals surface area contributed by atoms with Gasteiger partial charge in [0.1, 0.15) is 5.82 Å². The molecule has 0 aliphatic carbocycles. The van der Waals surface area contributed by atoms with E-state index in [1.807, 2.05) is 12.1 Å². The van der Waals surface area contributed by atoms with Crippen molar-refractivity contribution in [1.82, 2.24) is 0 Å². The van der Waals surface area contributed by atoms with Gasteiger partial charge in [-0.25, -0.2) is 4.39 Å². The van der Waals surface area contributed by atoms with Gasteiger partial charge in [-0.2, -0.15) is 0 Å². The summed E-state index contributed by atoms with van der Waals surface area (Å²) in [5.74, 6) is -0.345. The molecule has 0 saturated heterocycles. The first-order chi connectivity index (χ1) is 7.66. The van der Waals surface area contributed by atoms with Crippen LogP contribution in [0, 0.1) is 5.82 Å². The topological polar surface area (TPSA) is 38.0 Å². The van der Waals surface area contributed by atoms with Gasteiger partial charge < -0.3 is 11.1 Å². The van der Waals surface area contributed by atoms with Crippen LogP contribution < -0.4 is 11.1 Å². The minimum Gasteiger partial charge on any atom is -0.397 e. The number of rotatable bonds is 3. The Labute approximate surface area is 102 Å². The molecule has 0 aliphatic rings. The molecule has 5 heteroatoms. The van der Waals surface area contributed by atoms with Gasteiger partial charge in [-0.05, 0) is 24.3 Å². The van der Waals surface area contributed by atoms with Crippen molar-refractivity contribution in [2.45, 2.75) is 6.54 Å². The predicted molar refractivity (Wildman–Crippen MR) is 67.5 cm³/mol. The Balaban J connectivity index is 2.10. The molecule has 0 spiro atoms. The average Bonchev–Trinajstić information content (AvgIpc) is 2.63. The smallest absolute Gasteiger partial charge is 0.148 e. The van der Waals surface area contributed by atoms with Gasteiger partial charge in [-0.3, -0.25) is 0 Å². The number of halogens is 2. The van der Waals surface area contributed by atoms with E-state index in [1.54, 1.807) is 12.1 Å². The van der Waals surface area contributed by atoms with Crippen molar-refractivity contribution in [2.75, 3.05) is 11.1 Å². The predicted octanol–water partition coefficient (Wildman–Crippen LogP) is 3.73. The van der Waals surface area contributed by atoms with E-state index in [-0.39, 0.29) is 5.82 Å². The highest BCUT2D eigenvalue weighted by Crippen LogP contribution is 2.25. The van der Waals surface area contributed by atoms with Crippen LogP contribution in [0.25, 0.3) is 0 Å². The molecule has 84 valence electrons. The van der Waals surface area contributed by atoms with E-state index in [0.717, 1.165) is 9.21 Å². The SMILES string of the molecule is Nc1cccc(F)c1NCc1ccc(Cl)s1. The number of nitrogens with two attached hydrogens (primary N) is 1. The molecule has 0 radical (unpaired) electrons. The normalized spacial score (nSPS) is 10.4. The summed E-state index contributed by atoms with van der Waals surface area (Å²) in [6.07, 6.45) is 0. The molecular formula is C11H10ClFN2S. The summed E-state index contributed by atoms with van der Waals surface area (Å²) < 4.78 is 14.1. The Morgan fingerprint density at radius 1 is 1.31 bits per heavy atom. The Morgan fingerprint density at radius 3 is 2.75 bits per heavy atom. The lowest BCUT2D eigenvalue weighted by atomic mass is 10.2. The molecule has 0 unspecified atom stereocenters. The molecule has 16 heavy (non-hydrogen) atoms. The molecule has 2 aromatic rings. The molecule has 2 nitrogen and oxygen atoms in total. The maximum Gasteiger partial charge on any atom is 0.148 e. The van der Waals surface area contributed by atoms with Gasteiger partial charge in [-0.15, -0.1) is 11.3 Å². The molecule has 1 aromatic carbocycles. The molecule has 1 aromatic heterocycles. The van der Waals surface area contributed by atoms with Crippen molar-refractivity contribution >= 4 is 34.3 Å². The number of anilines is 2. The highest BCUT2D eigenvalue weighted by Gasteiger charge is 2.05. The third-order valence-corrected chi connectivity index (χ3v) is 3.35. The maximum atomic E-state index is 13.4. The first-order valence-corrected chi connectivity index (χ1v) is 5.88.